The van der Waals surface area contributed by atoms with Gasteiger partial charge in [-0.05, 0) is 41.2 Å². The van der Waals surface area contributed by atoms with Crippen molar-refractivity contribution in [3.05, 3.63) is 29.8 Å². The summed E-state index contributed by atoms with van der Waals surface area (Å²) in [7, 11) is 0. The Kier molecular flexibility index (Phi) is 8.83. The van der Waals surface area contributed by atoms with Crippen LogP contribution in [0.3, 0.4) is 0 Å². The fourth-order valence-corrected chi connectivity index (χ4v) is 4.84. The van der Waals surface area contributed by atoms with Gasteiger partial charge in [-0.2, -0.15) is 0 Å². The number of carboxylic acid groups (broad SMARTS) is 1. The monoisotopic (exact) mass is 369 g/mol. The van der Waals surface area contributed by atoms with Crippen LogP contribution in [-0.4, -0.2) is 17.8 Å². The van der Waals surface area contributed by atoms with Crippen LogP contribution in [0.4, 0.5) is 0 Å². The molecule has 0 bridgehead atoms. The second kappa shape index (κ2) is 10.4. The topological polar surface area (TPSA) is 52.2 Å². The number of benzene rings is 1. The van der Waals surface area contributed by atoms with Crippen molar-refractivity contribution in [2.75, 3.05) is 5.75 Å². The molecule has 25 heavy (non-hydrogen) atoms. The molecule has 2 fully saturated rings. The van der Waals surface area contributed by atoms with Crippen molar-refractivity contribution < 1.29 is 39.5 Å². The van der Waals surface area contributed by atoms with E-state index >= 15 is 0 Å². The van der Waals surface area contributed by atoms with E-state index in [1.165, 1.54) is 43.4 Å². The summed E-state index contributed by atoms with van der Waals surface area (Å²) in [5, 5.41) is 15.2. The SMILES string of the molecule is CCSc1cccc(CNC(C(=O)[O-])C(C2CCC2)C2CCC2)c1.[Na+]. The molecule has 3 rings (SSSR count). The zero-order chi connectivity index (χ0) is 16.9. The molecule has 3 nitrogen and oxygen atoms in total. The van der Waals surface area contributed by atoms with Crippen LogP contribution >= 0.6 is 11.8 Å². The Morgan fingerprint density at radius 3 is 2.36 bits per heavy atom. The molecule has 0 aliphatic heterocycles. The van der Waals surface area contributed by atoms with Crippen LogP contribution < -0.4 is 40.0 Å². The zero-order valence-corrected chi connectivity index (χ0v) is 18.3. The van der Waals surface area contributed by atoms with E-state index in [1.54, 1.807) is 0 Å². The number of carbonyl (C=O) groups excluding carboxylic acids is 1. The second-order valence-electron chi connectivity index (χ2n) is 7.22. The molecule has 132 valence electrons. The van der Waals surface area contributed by atoms with Crippen LogP contribution in [0.2, 0.25) is 0 Å². The molecule has 0 heterocycles. The number of aliphatic carboxylic acids is 1. The summed E-state index contributed by atoms with van der Waals surface area (Å²) in [5.41, 5.74) is 1.15. The first-order chi connectivity index (χ1) is 11.7. The Hall–Kier alpha value is 0. The largest absolute Gasteiger partial charge is 1.00 e. The normalized spacial score (nSPS) is 19.0. The minimum absolute atomic E-state index is 0. The molecule has 0 saturated heterocycles. The molecule has 1 aromatic carbocycles. The summed E-state index contributed by atoms with van der Waals surface area (Å²) in [5.74, 6) is 1.54. The molecule has 0 aromatic heterocycles. The molecule has 1 unspecified atom stereocenters. The van der Waals surface area contributed by atoms with E-state index in [0.29, 0.717) is 18.4 Å². The van der Waals surface area contributed by atoms with Crippen LogP contribution in [0.1, 0.15) is 51.0 Å². The van der Waals surface area contributed by atoms with Gasteiger partial charge in [0.05, 0.1) is 12.0 Å². The van der Waals surface area contributed by atoms with Gasteiger partial charge < -0.3 is 15.2 Å². The van der Waals surface area contributed by atoms with E-state index in [-0.39, 0.29) is 35.5 Å². The van der Waals surface area contributed by atoms with Crippen LogP contribution in [0.15, 0.2) is 29.2 Å². The molecule has 0 amide bonds. The van der Waals surface area contributed by atoms with Crippen LogP contribution in [-0.2, 0) is 11.3 Å². The minimum atomic E-state index is -0.919. The summed E-state index contributed by atoms with van der Waals surface area (Å²) in [6.45, 7) is 2.75. The summed E-state index contributed by atoms with van der Waals surface area (Å²) >= 11 is 1.82. The number of rotatable bonds is 9. The Labute approximate surface area is 178 Å². The first-order valence-electron chi connectivity index (χ1n) is 9.35. The van der Waals surface area contributed by atoms with Gasteiger partial charge in [0, 0.05) is 11.4 Å². The molecule has 1 N–H and O–H groups in total. The third-order valence-electron chi connectivity index (χ3n) is 5.76. The van der Waals surface area contributed by atoms with E-state index in [4.69, 9.17) is 0 Å². The maximum atomic E-state index is 11.8. The third-order valence-corrected chi connectivity index (χ3v) is 6.64. The van der Waals surface area contributed by atoms with Crippen molar-refractivity contribution in [3.63, 3.8) is 0 Å². The van der Waals surface area contributed by atoms with Gasteiger partial charge in [-0.1, -0.05) is 57.6 Å². The van der Waals surface area contributed by atoms with Gasteiger partial charge in [0.2, 0.25) is 0 Å². The number of hydrogen-bond acceptors (Lipinski definition) is 4. The predicted molar refractivity (Wildman–Crippen MR) is 96.6 cm³/mol. The average Bonchev–Trinajstić information content (AvgIpc) is 2.44. The first kappa shape index (κ1) is 21.3. The number of carbonyl (C=O) groups is 1. The molecule has 0 radical (unpaired) electrons. The quantitative estimate of drug-likeness (QED) is 0.500. The van der Waals surface area contributed by atoms with E-state index in [9.17, 15) is 9.90 Å². The van der Waals surface area contributed by atoms with E-state index in [0.717, 1.165) is 11.3 Å². The molecule has 5 heteroatoms. The van der Waals surface area contributed by atoms with Crippen LogP contribution in [0.5, 0.6) is 0 Å². The first-order valence-corrected chi connectivity index (χ1v) is 10.3. The fraction of sp³-hybridized carbons (Fsp3) is 0.650. The van der Waals surface area contributed by atoms with Gasteiger partial charge in [-0.3, -0.25) is 0 Å². The number of nitrogens with one attached hydrogen (secondary N) is 1. The maximum Gasteiger partial charge on any atom is 1.00 e. The smallest absolute Gasteiger partial charge is 0.548 e. The molecular weight excluding hydrogens is 341 g/mol. The van der Waals surface area contributed by atoms with Crippen LogP contribution in [0.25, 0.3) is 0 Å². The van der Waals surface area contributed by atoms with E-state index in [1.807, 2.05) is 11.8 Å². The summed E-state index contributed by atoms with van der Waals surface area (Å²) in [6, 6.07) is 7.89. The number of carboxylic acids is 1. The van der Waals surface area contributed by atoms with Gasteiger partial charge in [0.1, 0.15) is 0 Å². The molecule has 1 atom stereocenters. The molecule has 2 saturated carbocycles. The van der Waals surface area contributed by atoms with Crippen molar-refractivity contribution in [1.29, 1.82) is 0 Å². The van der Waals surface area contributed by atoms with E-state index < -0.39 is 12.0 Å². The molecule has 1 aromatic rings. The summed E-state index contributed by atoms with van der Waals surface area (Å²) < 4.78 is 0. The maximum absolute atomic E-state index is 11.8. The van der Waals surface area contributed by atoms with Gasteiger partial charge in [0.25, 0.3) is 0 Å². The van der Waals surface area contributed by atoms with Crippen molar-refractivity contribution in [1.82, 2.24) is 5.32 Å². The Morgan fingerprint density at radius 1 is 1.24 bits per heavy atom. The average molecular weight is 370 g/mol. The Bertz CT molecular complexity index is 546. The second-order valence-corrected chi connectivity index (χ2v) is 8.55. The predicted octanol–water partition coefficient (Wildman–Crippen LogP) is 0.227. The molecular formula is C20H28NNaO2S. The standard InChI is InChI=1S/C20H29NO2S.Na/c1-2-24-17-11-3-6-14(12-17)13-21-19(20(22)23)18(15-7-4-8-15)16-9-5-10-16;/h3,6,11-12,15-16,18-19,21H,2,4-5,7-10,13H2,1H3,(H,22,23);/q;+1/p-1. The molecule has 2 aliphatic rings. The minimum Gasteiger partial charge on any atom is -0.548 e. The van der Waals surface area contributed by atoms with Crippen LogP contribution in [0, 0.1) is 17.8 Å². The van der Waals surface area contributed by atoms with Gasteiger partial charge >= 0.3 is 29.6 Å². The van der Waals surface area contributed by atoms with Gasteiger partial charge in [-0.15, -0.1) is 11.8 Å². The Morgan fingerprint density at radius 2 is 1.88 bits per heavy atom. The fourth-order valence-electron chi connectivity index (χ4n) is 4.09. The van der Waals surface area contributed by atoms with Crippen molar-refractivity contribution in [2.45, 2.75) is 62.9 Å². The van der Waals surface area contributed by atoms with Crippen molar-refractivity contribution >= 4 is 17.7 Å². The number of hydrogen-bond donors (Lipinski definition) is 1. The van der Waals surface area contributed by atoms with Crippen molar-refractivity contribution in [3.8, 4) is 0 Å². The van der Waals surface area contributed by atoms with Gasteiger partial charge in [-0.25, -0.2) is 0 Å². The Balaban J connectivity index is 0.00000225. The van der Waals surface area contributed by atoms with Crippen molar-refractivity contribution in [2.24, 2.45) is 17.8 Å². The zero-order valence-electron chi connectivity index (χ0n) is 15.5. The molecule has 2 aliphatic carbocycles. The third kappa shape index (κ3) is 5.49. The number of thioether (sulfide) groups is 1. The summed E-state index contributed by atoms with van der Waals surface area (Å²) in [6.07, 6.45) is 7.27. The molecule has 0 spiro atoms. The van der Waals surface area contributed by atoms with Gasteiger partial charge in [0.15, 0.2) is 0 Å². The van der Waals surface area contributed by atoms with E-state index in [2.05, 4.69) is 36.5 Å². The summed E-state index contributed by atoms with van der Waals surface area (Å²) in [4.78, 5) is 13.1.